The SMILES string of the molecule is Cc1ccc(S(=O)(=O)N(C2CCCCC2)C2CCCCC2)cc1C(=O)O. The molecule has 2 saturated carbocycles. The minimum Gasteiger partial charge on any atom is -0.478 e. The molecule has 0 bridgehead atoms. The summed E-state index contributed by atoms with van der Waals surface area (Å²) in [5.74, 6) is -1.08. The average molecular weight is 380 g/mol. The molecule has 26 heavy (non-hydrogen) atoms. The van der Waals surface area contributed by atoms with E-state index in [9.17, 15) is 18.3 Å². The number of rotatable bonds is 5. The normalized spacial score (nSPS) is 20.4. The lowest BCUT2D eigenvalue weighted by molar-refractivity contribution is 0.0696. The minimum absolute atomic E-state index is 0.0476. The van der Waals surface area contributed by atoms with E-state index in [-0.39, 0.29) is 22.5 Å². The van der Waals surface area contributed by atoms with Crippen molar-refractivity contribution in [3.8, 4) is 0 Å². The second-order valence-electron chi connectivity index (χ2n) is 7.70. The van der Waals surface area contributed by atoms with Gasteiger partial charge in [0.2, 0.25) is 10.0 Å². The molecule has 5 nitrogen and oxygen atoms in total. The third-order valence-corrected chi connectivity index (χ3v) is 7.89. The zero-order valence-electron chi connectivity index (χ0n) is 15.5. The van der Waals surface area contributed by atoms with Gasteiger partial charge in [-0.15, -0.1) is 0 Å². The molecule has 0 amide bonds. The predicted octanol–water partition coefficient (Wildman–Crippen LogP) is 4.35. The van der Waals surface area contributed by atoms with Crippen LogP contribution in [0.4, 0.5) is 0 Å². The molecule has 0 spiro atoms. The van der Waals surface area contributed by atoms with Crippen LogP contribution < -0.4 is 0 Å². The van der Waals surface area contributed by atoms with E-state index < -0.39 is 16.0 Å². The fraction of sp³-hybridized carbons (Fsp3) is 0.650. The van der Waals surface area contributed by atoms with Gasteiger partial charge in [0.05, 0.1) is 10.5 Å². The lowest BCUT2D eigenvalue weighted by Crippen LogP contribution is -2.48. The number of sulfonamides is 1. The highest BCUT2D eigenvalue weighted by atomic mass is 32.2. The minimum atomic E-state index is -3.70. The Hall–Kier alpha value is -1.40. The lowest BCUT2D eigenvalue weighted by atomic mass is 9.91. The van der Waals surface area contributed by atoms with Crippen LogP contribution in [0.25, 0.3) is 0 Å². The van der Waals surface area contributed by atoms with E-state index in [0.29, 0.717) is 5.56 Å². The predicted molar refractivity (Wildman–Crippen MR) is 101 cm³/mol. The Bertz CT molecular complexity index is 729. The molecule has 0 unspecified atom stereocenters. The third kappa shape index (κ3) is 3.96. The van der Waals surface area contributed by atoms with Crippen molar-refractivity contribution in [3.63, 3.8) is 0 Å². The summed E-state index contributed by atoms with van der Waals surface area (Å²) in [6.07, 6.45) is 10.2. The van der Waals surface area contributed by atoms with Crippen LogP contribution >= 0.6 is 0 Å². The molecule has 2 aliphatic carbocycles. The summed E-state index contributed by atoms with van der Waals surface area (Å²) in [6, 6.07) is 4.61. The molecule has 6 heteroatoms. The van der Waals surface area contributed by atoms with Gasteiger partial charge in [-0.25, -0.2) is 13.2 Å². The van der Waals surface area contributed by atoms with Crippen LogP contribution in [0.3, 0.4) is 0 Å². The standard InChI is InChI=1S/C20H29NO4S/c1-15-12-13-18(14-19(15)20(22)23)26(24,25)21(16-8-4-2-5-9-16)17-10-6-3-7-11-17/h12-14,16-17H,2-11H2,1H3,(H,22,23). The third-order valence-electron chi connectivity index (χ3n) is 5.88. The number of aryl methyl sites for hydroxylation is 1. The molecular weight excluding hydrogens is 350 g/mol. The quantitative estimate of drug-likeness (QED) is 0.825. The van der Waals surface area contributed by atoms with Gasteiger partial charge >= 0.3 is 5.97 Å². The molecule has 0 heterocycles. The van der Waals surface area contributed by atoms with E-state index in [1.165, 1.54) is 18.9 Å². The Labute approximate surface area is 156 Å². The van der Waals surface area contributed by atoms with Crippen LogP contribution in [0, 0.1) is 6.92 Å². The summed E-state index contributed by atoms with van der Waals surface area (Å²) in [4.78, 5) is 11.6. The molecule has 0 aliphatic heterocycles. The number of hydrogen-bond acceptors (Lipinski definition) is 3. The summed E-state index contributed by atoms with van der Waals surface area (Å²) in [7, 11) is -3.70. The van der Waals surface area contributed by atoms with Crippen molar-refractivity contribution in [1.82, 2.24) is 4.31 Å². The zero-order chi connectivity index (χ0) is 18.7. The highest BCUT2D eigenvalue weighted by molar-refractivity contribution is 7.89. The molecule has 1 aromatic carbocycles. The Morgan fingerprint density at radius 3 is 1.92 bits per heavy atom. The number of carbonyl (C=O) groups is 1. The monoisotopic (exact) mass is 379 g/mol. The van der Waals surface area contributed by atoms with Crippen LogP contribution in [0.2, 0.25) is 0 Å². The molecule has 0 radical (unpaired) electrons. The molecule has 1 N–H and O–H groups in total. The Balaban J connectivity index is 2.00. The van der Waals surface area contributed by atoms with Crippen molar-refractivity contribution >= 4 is 16.0 Å². The first-order chi connectivity index (χ1) is 12.4. The number of nitrogens with zero attached hydrogens (tertiary/aromatic N) is 1. The highest BCUT2D eigenvalue weighted by Gasteiger charge is 2.38. The molecule has 2 fully saturated rings. The van der Waals surface area contributed by atoms with Crippen LogP contribution in [-0.2, 0) is 10.0 Å². The maximum absolute atomic E-state index is 13.5. The number of carboxylic acids is 1. The first kappa shape index (κ1) is 19.4. The smallest absolute Gasteiger partial charge is 0.335 e. The highest BCUT2D eigenvalue weighted by Crippen LogP contribution is 2.35. The van der Waals surface area contributed by atoms with Gasteiger partial charge in [-0.2, -0.15) is 4.31 Å². The van der Waals surface area contributed by atoms with E-state index in [4.69, 9.17) is 0 Å². The van der Waals surface area contributed by atoms with Gasteiger partial charge in [-0.3, -0.25) is 0 Å². The van der Waals surface area contributed by atoms with Gasteiger partial charge in [0.25, 0.3) is 0 Å². The second kappa shape index (κ2) is 8.09. The van der Waals surface area contributed by atoms with Gasteiger partial charge in [0.1, 0.15) is 0 Å². The van der Waals surface area contributed by atoms with Crippen LogP contribution in [0.15, 0.2) is 23.1 Å². The van der Waals surface area contributed by atoms with Crippen molar-refractivity contribution < 1.29 is 18.3 Å². The van der Waals surface area contributed by atoms with E-state index in [1.54, 1.807) is 23.4 Å². The lowest BCUT2D eigenvalue weighted by Gasteiger charge is -2.40. The molecule has 1 aromatic rings. The first-order valence-corrected chi connectivity index (χ1v) is 11.2. The fourth-order valence-corrected chi connectivity index (χ4v) is 6.43. The summed E-state index contributed by atoms with van der Waals surface area (Å²) >= 11 is 0. The average Bonchev–Trinajstić information content (AvgIpc) is 2.63. The van der Waals surface area contributed by atoms with E-state index >= 15 is 0 Å². The number of hydrogen-bond donors (Lipinski definition) is 1. The molecule has 144 valence electrons. The molecule has 0 saturated heterocycles. The van der Waals surface area contributed by atoms with Gasteiger partial charge in [-0.1, -0.05) is 44.6 Å². The first-order valence-electron chi connectivity index (χ1n) is 9.79. The maximum Gasteiger partial charge on any atom is 0.335 e. The summed E-state index contributed by atoms with van der Waals surface area (Å²) in [5, 5.41) is 9.38. The summed E-state index contributed by atoms with van der Waals surface area (Å²) in [6.45, 7) is 1.69. The Morgan fingerprint density at radius 1 is 0.962 bits per heavy atom. The van der Waals surface area contributed by atoms with Crippen LogP contribution in [0.5, 0.6) is 0 Å². The number of carboxylic acid groups (broad SMARTS) is 1. The zero-order valence-corrected chi connectivity index (χ0v) is 16.3. The largest absolute Gasteiger partial charge is 0.478 e. The van der Waals surface area contributed by atoms with Crippen molar-refractivity contribution in [2.24, 2.45) is 0 Å². The van der Waals surface area contributed by atoms with Crippen molar-refractivity contribution in [2.45, 2.75) is 88.1 Å². The molecule has 3 rings (SSSR count). The Kier molecular flexibility index (Phi) is 6.03. The molecule has 0 aromatic heterocycles. The second-order valence-corrected chi connectivity index (χ2v) is 9.54. The van der Waals surface area contributed by atoms with Gasteiger partial charge in [-0.05, 0) is 50.3 Å². The fourth-order valence-electron chi connectivity index (χ4n) is 4.48. The maximum atomic E-state index is 13.5. The summed E-state index contributed by atoms with van der Waals surface area (Å²) in [5.41, 5.74) is 0.650. The van der Waals surface area contributed by atoms with Crippen molar-refractivity contribution in [1.29, 1.82) is 0 Å². The number of benzene rings is 1. The van der Waals surface area contributed by atoms with Crippen molar-refractivity contribution in [3.05, 3.63) is 29.3 Å². The molecule has 0 atom stereocenters. The van der Waals surface area contributed by atoms with Gasteiger partial charge < -0.3 is 5.11 Å². The Morgan fingerprint density at radius 2 is 1.46 bits per heavy atom. The van der Waals surface area contributed by atoms with Crippen LogP contribution in [0.1, 0.15) is 80.1 Å². The number of aromatic carboxylic acids is 1. The van der Waals surface area contributed by atoms with Crippen LogP contribution in [-0.4, -0.2) is 35.9 Å². The molecule has 2 aliphatic rings. The van der Waals surface area contributed by atoms with E-state index in [1.807, 2.05) is 0 Å². The summed E-state index contributed by atoms with van der Waals surface area (Å²) < 4.78 is 28.9. The molecular formula is C20H29NO4S. The topological polar surface area (TPSA) is 74.7 Å². The van der Waals surface area contributed by atoms with Crippen molar-refractivity contribution in [2.75, 3.05) is 0 Å². The van der Waals surface area contributed by atoms with Gasteiger partial charge in [0, 0.05) is 12.1 Å². The van der Waals surface area contributed by atoms with E-state index in [0.717, 1.165) is 51.4 Å². The van der Waals surface area contributed by atoms with E-state index in [2.05, 4.69) is 0 Å². The van der Waals surface area contributed by atoms with Gasteiger partial charge in [0.15, 0.2) is 0 Å².